The Morgan fingerprint density at radius 2 is 1.61 bits per heavy atom. The molecule has 3 nitrogen and oxygen atoms in total. The Balaban J connectivity index is 1.94. The van der Waals surface area contributed by atoms with Crippen LogP contribution in [0.2, 0.25) is 0 Å². The normalized spacial score (nSPS) is 21.9. The van der Waals surface area contributed by atoms with E-state index >= 15 is 4.39 Å². The van der Waals surface area contributed by atoms with Crippen LogP contribution >= 0.6 is 0 Å². The topological polar surface area (TPSA) is 25.2 Å². The Morgan fingerprint density at radius 3 is 2.37 bits per heavy atom. The standard InChI is InChI=1S/C32H20F6N2O/c1-18-11-25-29(12-19-7-6-10-23-26(16-33)27(37)15-22(36)17-40(18)30(19)23)39(2)31-24(32(25)41)9-5-3-4-8-20(34)13-21(35)14-28(31)38/h3-17H,1H2,2H3/b4-3?,5-3?,8-4?,9-5?,20-8?,20-13?,21-13?,21-14?,22-17+,24-9?,25-11+,26-16?,27-15+,28-14?,29-12+,31-28?. The van der Waals surface area contributed by atoms with E-state index in [1.165, 1.54) is 65.1 Å². The number of anilines is 1. The average molecular weight is 563 g/mol. The van der Waals surface area contributed by atoms with Gasteiger partial charge in [-0.25, -0.2) is 26.3 Å². The van der Waals surface area contributed by atoms with Crippen molar-refractivity contribution in [3.8, 4) is 0 Å². The molecule has 0 bridgehead atoms. The van der Waals surface area contributed by atoms with Crippen LogP contribution in [0.25, 0.3) is 29.6 Å². The summed E-state index contributed by atoms with van der Waals surface area (Å²) in [4.78, 5) is 15.1. The molecular weight excluding hydrogens is 542 g/mol. The fourth-order valence-electron chi connectivity index (χ4n) is 4.82. The van der Waals surface area contributed by atoms with Crippen LogP contribution in [0, 0.1) is 0 Å². The SMILES string of the molecule is C=C1/C=c2/c(=O)c3c(n(C)/c2=C/c2cccc4c2N1/C=C(F)\C=C(\F)C4=CF)C(F)=CC(F)=CC(F)=CC=CC=C3. The van der Waals surface area contributed by atoms with E-state index in [0.717, 1.165) is 12.3 Å². The summed E-state index contributed by atoms with van der Waals surface area (Å²) in [7, 11) is 1.44. The zero-order chi connectivity index (χ0) is 29.4. The number of pyridine rings is 1. The third-order valence-electron chi connectivity index (χ3n) is 6.62. The van der Waals surface area contributed by atoms with E-state index in [9.17, 15) is 26.7 Å². The van der Waals surface area contributed by atoms with Gasteiger partial charge in [0.25, 0.3) is 0 Å². The van der Waals surface area contributed by atoms with Gasteiger partial charge in [-0.15, -0.1) is 0 Å². The largest absolute Gasteiger partial charge is 0.341 e. The quantitative estimate of drug-likeness (QED) is 0.326. The lowest BCUT2D eigenvalue weighted by atomic mass is 9.95. The summed E-state index contributed by atoms with van der Waals surface area (Å²) < 4.78 is 88.7. The minimum atomic E-state index is -1.22. The molecule has 1 aromatic carbocycles. The number of rotatable bonds is 0. The second-order valence-corrected chi connectivity index (χ2v) is 9.19. The third kappa shape index (κ3) is 5.02. The van der Waals surface area contributed by atoms with Crippen molar-refractivity contribution < 1.29 is 26.3 Å². The van der Waals surface area contributed by atoms with E-state index in [-0.39, 0.29) is 45.1 Å². The highest BCUT2D eigenvalue weighted by molar-refractivity contribution is 5.91. The molecule has 0 N–H and O–H groups in total. The number of fused-ring (bicyclic) bond motifs is 2. The van der Waals surface area contributed by atoms with Gasteiger partial charge in [0, 0.05) is 64.7 Å². The van der Waals surface area contributed by atoms with E-state index in [1.807, 2.05) is 0 Å². The Kier molecular flexibility index (Phi) is 7.28. The molecule has 0 unspecified atom stereocenters. The Hall–Kier alpha value is -5.05. The molecule has 0 atom stereocenters. The van der Waals surface area contributed by atoms with Crippen LogP contribution in [0.3, 0.4) is 0 Å². The highest BCUT2D eigenvalue weighted by atomic mass is 19.2. The van der Waals surface area contributed by atoms with Gasteiger partial charge in [0.1, 0.15) is 23.3 Å². The van der Waals surface area contributed by atoms with E-state index in [0.29, 0.717) is 23.8 Å². The molecule has 9 heteroatoms. The molecule has 0 fully saturated rings. The third-order valence-corrected chi connectivity index (χ3v) is 6.62. The second-order valence-electron chi connectivity index (χ2n) is 9.19. The van der Waals surface area contributed by atoms with Crippen LogP contribution in [-0.4, -0.2) is 4.57 Å². The summed E-state index contributed by atoms with van der Waals surface area (Å²) in [6.45, 7) is 3.97. The van der Waals surface area contributed by atoms with Gasteiger partial charge in [0.15, 0.2) is 11.3 Å². The number of nitrogens with zero attached hydrogens (tertiary/aromatic N) is 2. The van der Waals surface area contributed by atoms with Crippen LogP contribution < -0.4 is 20.9 Å². The fourth-order valence-corrected chi connectivity index (χ4v) is 4.82. The number of hydrogen-bond acceptors (Lipinski definition) is 2. The van der Waals surface area contributed by atoms with Crippen molar-refractivity contribution in [1.82, 2.24) is 4.57 Å². The molecule has 206 valence electrons. The smallest absolute Gasteiger partial charge is 0.197 e. The lowest BCUT2D eigenvalue weighted by Crippen LogP contribution is -2.48. The molecular formula is C32H20F6N2O. The van der Waals surface area contributed by atoms with E-state index < -0.39 is 40.1 Å². The van der Waals surface area contributed by atoms with Crippen LogP contribution in [0.4, 0.5) is 32.0 Å². The zero-order valence-electron chi connectivity index (χ0n) is 21.4. The van der Waals surface area contributed by atoms with Crippen molar-refractivity contribution in [1.29, 1.82) is 0 Å². The van der Waals surface area contributed by atoms with Gasteiger partial charge in [-0.05, 0) is 24.3 Å². The van der Waals surface area contributed by atoms with Crippen LogP contribution in [-0.2, 0) is 7.05 Å². The van der Waals surface area contributed by atoms with Gasteiger partial charge < -0.3 is 9.47 Å². The molecule has 0 saturated carbocycles. The van der Waals surface area contributed by atoms with Gasteiger partial charge in [-0.3, -0.25) is 4.79 Å². The van der Waals surface area contributed by atoms with Gasteiger partial charge in [0.05, 0.1) is 23.1 Å². The highest BCUT2D eigenvalue weighted by Crippen LogP contribution is 2.40. The molecule has 41 heavy (non-hydrogen) atoms. The van der Waals surface area contributed by atoms with Crippen molar-refractivity contribution in [3.63, 3.8) is 0 Å². The first kappa shape index (κ1) is 27.5. The predicted octanol–water partition coefficient (Wildman–Crippen LogP) is 6.92. The maximum absolute atomic E-state index is 15.6. The number of aromatic nitrogens is 1. The van der Waals surface area contributed by atoms with Gasteiger partial charge in [-0.1, -0.05) is 43.0 Å². The van der Waals surface area contributed by atoms with E-state index in [1.54, 1.807) is 6.07 Å². The minimum Gasteiger partial charge on any atom is -0.341 e. The van der Waals surface area contributed by atoms with Crippen LogP contribution in [0.5, 0.6) is 0 Å². The van der Waals surface area contributed by atoms with Crippen molar-refractivity contribution >= 4 is 35.3 Å². The number of hydrogen-bond donors (Lipinski definition) is 0. The first-order valence-electron chi connectivity index (χ1n) is 12.2. The Labute approximate surface area is 230 Å². The monoisotopic (exact) mass is 562 g/mol. The van der Waals surface area contributed by atoms with Crippen molar-refractivity contribution in [3.05, 3.63) is 152 Å². The molecule has 2 aromatic rings. The molecule has 0 spiro atoms. The molecule has 1 aliphatic carbocycles. The highest BCUT2D eigenvalue weighted by Gasteiger charge is 2.25. The van der Waals surface area contributed by atoms with Gasteiger partial charge >= 0.3 is 0 Å². The summed E-state index contributed by atoms with van der Waals surface area (Å²) in [6, 6.07) is 4.52. The summed E-state index contributed by atoms with van der Waals surface area (Å²) >= 11 is 0. The predicted molar refractivity (Wildman–Crippen MR) is 150 cm³/mol. The van der Waals surface area contributed by atoms with Gasteiger partial charge in [-0.2, -0.15) is 0 Å². The minimum absolute atomic E-state index is 0.0213. The van der Waals surface area contributed by atoms with Gasteiger partial charge in [0.2, 0.25) is 0 Å². The number of para-hydroxylation sites is 1. The molecule has 0 saturated heterocycles. The molecule has 5 rings (SSSR count). The summed E-state index contributed by atoms with van der Waals surface area (Å²) in [5, 5.41) is 0.188. The van der Waals surface area contributed by atoms with Crippen LogP contribution in [0.1, 0.15) is 22.4 Å². The summed E-state index contributed by atoms with van der Waals surface area (Å²) in [5.41, 5.74) is -1.04. The second kappa shape index (κ2) is 10.8. The molecule has 0 radical (unpaired) electrons. The van der Waals surface area contributed by atoms with E-state index in [2.05, 4.69) is 6.58 Å². The first-order chi connectivity index (χ1) is 19.6. The average Bonchev–Trinajstić information content (AvgIpc) is 2.89. The van der Waals surface area contributed by atoms with Crippen molar-refractivity contribution in [2.45, 2.75) is 0 Å². The van der Waals surface area contributed by atoms with E-state index in [4.69, 9.17) is 0 Å². The number of halogens is 6. The number of benzene rings is 1. The zero-order valence-corrected chi connectivity index (χ0v) is 21.4. The molecule has 0 amide bonds. The van der Waals surface area contributed by atoms with Crippen molar-refractivity contribution in [2.24, 2.45) is 7.05 Å². The first-order valence-corrected chi connectivity index (χ1v) is 12.2. The maximum atomic E-state index is 15.6. The summed E-state index contributed by atoms with van der Waals surface area (Å²) in [6.07, 6.45) is 11.6. The molecule has 3 heterocycles. The molecule has 2 aliphatic heterocycles. The maximum Gasteiger partial charge on any atom is 0.197 e. The van der Waals surface area contributed by atoms with Crippen molar-refractivity contribution in [2.75, 3.05) is 4.90 Å². The lowest BCUT2D eigenvalue weighted by Gasteiger charge is -2.29. The fraction of sp³-hybridized carbons (Fsp3) is 0.0312. The molecule has 1 aromatic heterocycles. The summed E-state index contributed by atoms with van der Waals surface area (Å²) in [5.74, 6) is -5.51. The Morgan fingerprint density at radius 1 is 0.854 bits per heavy atom. The lowest BCUT2D eigenvalue weighted by molar-refractivity contribution is 0.625. The molecule has 3 aliphatic rings. The van der Waals surface area contributed by atoms with Crippen LogP contribution in [0.15, 0.2) is 114 Å². The number of allylic oxidation sites excluding steroid dienone is 13. The Bertz CT molecular complexity index is 1950.